The van der Waals surface area contributed by atoms with Gasteiger partial charge in [0, 0.05) is 21.9 Å². The Kier molecular flexibility index (Phi) is 4.59. The van der Waals surface area contributed by atoms with Crippen molar-refractivity contribution in [1.29, 1.82) is 0 Å². The molecule has 0 bridgehead atoms. The Balaban J connectivity index is 1.46. The molecule has 138 valence electrons. The number of hydrogen-bond donors (Lipinski definition) is 1. The van der Waals surface area contributed by atoms with Crippen LogP contribution in [0.3, 0.4) is 0 Å². The zero-order valence-electron chi connectivity index (χ0n) is 15.8. The van der Waals surface area contributed by atoms with E-state index in [1.165, 1.54) is 25.7 Å². The van der Waals surface area contributed by atoms with Gasteiger partial charge in [-0.15, -0.1) is 0 Å². The summed E-state index contributed by atoms with van der Waals surface area (Å²) in [5.74, 6) is 1.65. The van der Waals surface area contributed by atoms with Crippen LogP contribution in [0.4, 0.5) is 0 Å². The Morgan fingerprint density at radius 2 is 1.96 bits per heavy atom. The van der Waals surface area contributed by atoms with E-state index in [9.17, 15) is 0 Å². The van der Waals surface area contributed by atoms with Crippen LogP contribution in [0.25, 0.3) is 11.3 Å². The second-order valence-corrected chi connectivity index (χ2v) is 9.57. The molecule has 2 fully saturated rings. The first-order valence-corrected chi connectivity index (χ1v) is 10.3. The molecule has 4 rings (SSSR count). The Bertz CT molecular complexity index is 789. The molecule has 0 unspecified atom stereocenters. The van der Waals surface area contributed by atoms with E-state index >= 15 is 0 Å². The third kappa shape index (κ3) is 3.29. The maximum atomic E-state index is 5.48. The van der Waals surface area contributed by atoms with Gasteiger partial charge in [0.2, 0.25) is 0 Å². The zero-order valence-corrected chi connectivity index (χ0v) is 16.6. The molecule has 0 radical (unpaired) electrons. The van der Waals surface area contributed by atoms with Gasteiger partial charge in [0.25, 0.3) is 0 Å². The largest absolute Gasteiger partial charge is 0.359 e. The summed E-state index contributed by atoms with van der Waals surface area (Å²) in [5, 5.41) is 8.90. The first-order valence-electron chi connectivity index (χ1n) is 9.50. The molecule has 1 aromatic heterocycles. The van der Waals surface area contributed by atoms with Crippen LogP contribution in [0.2, 0.25) is 0 Å². The highest BCUT2D eigenvalue weighted by Gasteiger charge is 2.53. The summed E-state index contributed by atoms with van der Waals surface area (Å²) in [6.07, 6.45) is 5.16. The maximum absolute atomic E-state index is 5.48. The van der Waals surface area contributed by atoms with E-state index in [0.29, 0.717) is 6.54 Å². The average molecular weight is 370 g/mol. The van der Waals surface area contributed by atoms with Gasteiger partial charge < -0.3 is 9.84 Å². The molecule has 4 nitrogen and oxygen atoms in total. The lowest BCUT2D eigenvalue weighted by Crippen LogP contribution is -2.52. The van der Waals surface area contributed by atoms with E-state index in [1.807, 2.05) is 48.2 Å². The van der Waals surface area contributed by atoms with Gasteiger partial charge in [0.1, 0.15) is 5.69 Å². The topological polar surface area (TPSA) is 50.4 Å². The molecular weight excluding hydrogens is 342 g/mol. The van der Waals surface area contributed by atoms with Gasteiger partial charge in [-0.3, -0.25) is 4.99 Å². The Morgan fingerprint density at radius 3 is 2.69 bits per heavy atom. The summed E-state index contributed by atoms with van der Waals surface area (Å²) in [5.41, 5.74) is 1.99. The highest BCUT2D eigenvalue weighted by molar-refractivity contribution is 8.15. The molecule has 2 aromatic rings. The lowest BCUT2D eigenvalue weighted by Gasteiger charge is -2.43. The predicted molar refractivity (Wildman–Crippen MR) is 108 cm³/mol. The fraction of sp³-hybridized carbons (Fsp3) is 0.524. The van der Waals surface area contributed by atoms with Crippen molar-refractivity contribution in [3.63, 3.8) is 0 Å². The summed E-state index contributed by atoms with van der Waals surface area (Å²) in [7, 11) is 0. The first kappa shape index (κ1) is 17.7. The number of rotatable bonds is 3. The molecule has 0 amide bonds. The van der Waals surface area contributed by atoms with Crippen LogP contribution < -0.4 is 5.32 Å². The minimum Gasteiger partial charge on any atom is -0.359 e. The van der Waals surface area contributed by atoms with Crippen molar-refractivity contribution >= 4 is 16.9 Å². The standard InChI is InChI=1S/C21H27N3OS/c1-15-9-11-21(12-10-15)20(2,3)23-19(26-21)22-14-17-13-18(25-24-17)16-7-5-4-6-8-16/h4-8,13,15H,9-12,14H2,1-3H3,(H,22,23). The molecule has 1 saturated carbocycles. The van der Waals surface area contributed by atoms with Gasteiger partial charge in [0.15, 0.2) is 10.9 Å². The van der Waals surface area contributed by atoms with E-state index in [-0.39, 0.29) is 10.3 Å². The molecule has 1 saturated heterocycles. The van der Waals surface area contributed by atoms with Crippen LogP contribution in [-0.4, -0.2) is 20.6 Å². The van der Waals surface area contributed by atoms with Crippen molar-refractivity contribution < 1.29 is 4.52 Å². The number of aromatic nitrogens is 1. The zero-order chi connectivity index (χ0) is 18.2. The summed E-state index contributed by atoms with van der Waals surface area (Å²) in [6, 6.07) is 12.1. The number of benzene rings is 1. The molecule has 1 spiro atoms. The van der Waals surface area contributed by atoms with Crippen LogP contribution in [0.1, 0.15) is 52.1 Å². The fourth-order valence-corrected chi connectivity index (χ4v) is 5.58. The van der Waals surface area contributed by atoms with Gasteiger partial charge >= 0.3 is 0 Å². The van der Waals surface area contributed by atoms with Crippen molar-refractivity contribution in [3.05, 3.63) is 42.1 Å². The summed E-state index contributed by atoms with van der Waals surface area (Å²) < 4.78 is 5.76. The quantitative estimate of drug-likeness (QED) is 0.801. The molecule has 1 aliphatic carbocycles. The van der Waals surface area contributed by atoms with E-state index in [1.54, 1.807) is 0 Å². The number of aliphatic imine (C=N–C) groups is 1. The van der Waals surface area contributed by atoms with E-state index in [2.05, 4.69) is 31.2 Å². The highest BCUT2D eigenvalue weighted by atomic mass is 32.2. The van der Waals surface area contributed by atoms with Crippen molar-refractivity contribution in [2.75, 3.05) is 0 Å². The molecule has 0 atom stereocenters. The number of hydrogen-bond acceptors (Lipinski definition) is 4. The van der Waals surface area contributed by atoms with Gasteiger partial charge in [-0.25, -0.2) is 0 Å². The lowest BCUT2D eigenvalue weighted by molar-refractivity contribution is 0.231. The third-order valence-corrected chi connectivity index (χ3v) is 7.67. The van der Waals surface area contributed by atoms with Crippen LogP contribution in [0.5, 0.6) is 0 Å². The van der Waals surface area contributed by atoms with Crippen molar-refractivity contribution in [1.82, 2.24) is 10.5 Å². The van der Waals surface area contributed by atoms with Crippen molar-refractivity contribution in [2.24, 2.45) is 10.9 Å². The average Bonchev–Trinajstić information content (AvgIpc) is 3.20. The van der Waals surface area contributed by atoms with E-state index < -0.39 is 0 Å². The summed E-state index contributed by atoms with van der Waals surface area (Å²) in [6.45, 7) is 7.56. The van der Waals surface area contributed by atoms with Gasteiger partial charge in [0.05, 0.1) is 6.54 Å². The van der Waals surface area contributed by atoms with Crippen LogP contribution in [-0.2, 0) is 6.54 Å². The fourth-order valence-electron chi connectivity index (χ4n) is 4.02. The monoisotopic (exact) mass is 369 g/mol. The predicted octanol–water partition coefficient (Wildman–Crippen LogP) is 5.26. The molecule has 2 heterocycles. The van der Waals surface area contributed by atoms with Gasteiger partial charge in [-0.2, -0.15) is 0 Å². The molecule has 2 aliphatic rings. The Hall–Kier alpha value is -1.75. The molecular formula is C21H27N3OS. The lowest BCUT2D eigenvalue weighted by atomic mass is 9.73. The van der Waals surface area contributed by atoms with Crippen molar-refractivity contribution in [2.45, 2.75) is 63.3 Å². The third-order valence-electron chi connectivity index (χ3n) is 5.93. The second-order valence-electron chi connectivity index (χ2n) is 8.20. The van der Waals surface area contributed by atoms with E-state index in [0.717, 1.165) is 28.1 Å². The van der Waals surface area contributed by atoms with Gasteiger partial charge in [-0.05, 0) is 45.4 Å². The minimum absolute atomic E-state index is 0.0790. The molecule has 1 aliphatic heterocycles. The van der Waals surface area contributed by atoms with Gasteiger partial charge in [-0.1, -0.05) is 54.2 Å². The number of nitrogens with one attached hydrogen (secondary N) is 1. The highest BCUT2D eigenvalue weighted by Crippen LogP contribution is 2.52. The molecule has 1 aromatic carbocycles. The Labute approximate surface area is 159 Å². The smallest absolute Gasteiger partial charge is 0.167 e. The minimum atomic E-state index is 0.0790. The van der Waals surface area contributed by atoms with E-state index in [4.69, 9.17) is 9.52 Å². The number of nitrogens with zero attached hydrogens (tertiary/aromatic N) is 2. The number of amidine groups is 1. The maximum Gasteiger partial charge on any atom is 0.167 e. The van der Waals surface area contributed by atoms with Crippen LogP contribution in [0.15, 0.2) is 45.9 Å². The van der Waals surface area contributed by atoms with Crippen LogP contribution >= 0.6 is 11.8 Å². The molecule has 5 heteroatoms. The first-order chi connectivity index (χ1) is 12.5. The normalized spacial score (nSPS) is 29.2. The SMILES string of the molecule is CC1CCC2(CC1)SC(=NCc1cc(-c3ccccc3)on1)NC2(C)C. The molecule has 26 heavy (non-hydrogen) atoms. The summed E-state index contributed by atoms with van der Waals surface area (Å²) in [4.78, 5) is 4.81. The second kappa shape index (κ2) is 6.76. The van der Waals surface area contributed by atoms with Crippen molar-refractivity contribution in [3.8, 4) is 11.3 Å². The molecule has 1 N–H and O–H groups in total. The Morgan fingerprint density at radius 1 is 1.23 bits per heavy atom. The van der Waals surface area contributed by atoms with Crippen LogP contribution in [0, 0.1) is 5.92 Å². The summed E-state index contributed by atoms with van der Waals surface area (Å²) >= 11 is 1.95. The number of thioether (sulfide) groups is 1.